The van der Waals surface area contributed by atoms with E-state index in [1.807, 2.05) is 12.1 Å². The summed E-state index contributed by atoms with van der Waals surface area (Å²) < 4.78 is 31.4. The minimum atomic E-state index is -4.08. The first-order chi connectivity index (χ1) is 29.5. The van der Waals surface area contributed by atoms with E-state index < -0.39 is 10.1 Å². The fourth-order valence-corrected chi connectivity index (χ4v) is 9.84. The van der Waals surface area contributed by atoms with Gasteiger partial charge in [-0.1, -0.05) is 321 Å². The lowest BCUT2D eigenvalue weighted by atomic mass is 10.0. The van der Waals surface area contributed by atoms with E-state index >= 15 is 0 Å². The molecule has 354 valence electrons. The molecule has 0 unspecified atom stereocenters. The predicted molar refractivity (Wildman–Crippen MR) is 267 cm³/mol. The van der Waals surface area contributed by atoms with E-state index in [1.54, 1.807) is 0 Å². The van der Waals surface area contributed by atoms with Crippen molar-refractivity contribution in [1.82, 2.24) is 0 Å². The molecule has 0 aliphatic heterocycles. The minimum absolute atomic E-state index is 0.0196. The second-order valence-electron chi connectivity index (χ2n) is 19.5. The van der Waals surface area contributed by atoms with Crippen LogP contribution in [0, 0.1) is 0 Å². The van der Waals surface area contributed by atoms with Crippen LogP contribution in [0.3, 0.4) is 0 Å². The Labute approximate surface area is 377 Å². The van der Waals surface area contributed by atoms with Crippen molar-refractivity contribution in [2.45, 2.75) is 326 Å². The zero-order chi connectivity index (χ0) is 43.1. The molecule has 0 saturated carbocycles. The average Bonchev–Trinajstić information content (AvgIpc) is 3.24. The molecule has 0 fully saturated rings. The Kier molecular flexibility index (Phi) is 43.9. The summed E-state index contributed by atoms with van der Waals surface area (Å²) in [7, 11) is -4.08. The molecule has 4 heteroatoms. The lowest BCUT2D eigenvalue weighted by Crippen LogP contribution is -1.98. The van der Waals surface area contributed by atoms with Gasteiger partial charge in [-0.25, -0.2) is 0 Å². The Morgan fingerprint density at radius 2 is 0.450 bits per heavy atom. The van der Waals surface area contributed by atoms with Crippen LogP contribution in [0.15, 0.2) is 29.2 Å². The van der Waals surface area contributed by atoms with E-state index in [-0.39, 0.29) is 4.90 Å². The molecule has 0 heterocycles. The Bertz CT molecular complexity index is 1070. The number of hydrogen-bond donors (Lipinski definition) is 1. The molecule has 60 heavy (non-hydrogen) atoms. The maximum atomic E-state index is 11.1. The topological polar surface area (TPSA) is 54.4 Å². The number of rotatable bonds is 50. The third kappa shape index (κ3) is 42.4. The van der Waals surface area contributed by atoms with Crippen LogP contribution in [0.2, 0.25) is 0 Å². The summed E-state index contributed by atoms with van der Waals surface area (Å²) >= 11 is 0. The molecule has 0 aliphatic rings. The lowest BCUT2D eigenvalue weighted by Gasteiger charge is -2.05. The highest BCUT2D eigenvalue weighted by Gasteiger charge is 2.08. The molecule has 1 N–H and O–H groups in total. The summed E-state index contributed by atoms with van der Waals surface area (Å²) in [6.45, 7) is 2.31. The van der Waals surface area contributed by atoms with Crippen molar-refractivity contribution in [1.29, 1.82) is 0 Å². The van der Waals surface area contributed by atoms with Gasteiger partial charge in [-0.05, 0) is 30.5 Å². The number of unbranched alkanes of at least 4 members (excludes halogenated alkanes) is 47. The van der Waals surface area contributed by atoms with Gasteiger partial charge in [0.05, 0.1) is 4.90 Å². The average molecular weight is 860 g/mol. The number of benzene rings is 1. The molecular weight excluding hydrogens is 753 g/mol. The van der Waals surface area contributed by atoms with Gasteiger partial charge < -0.3 is 0 Å². The van der Waals surface area contributed by atoms with Gasteiger partial charge in [0.2, 0.25) is 0 Å². The van der Waals surface area contributed by atoms with Crippen LogP contribution in [0.5, 0.6) is 0 Å². The van der Waals surface area contributed by atoms with Crippen molar-refractivity contribution in [2.75, 3.05) is 0 Å². The first-order valence-electron chi connectivity index (χ1n) is 27.6. The quantitative estimate of drug-likeness (QED) is 0.0524. The van der Waals surface area contributed by atoms with Crippen LogP contribution in [-0.2, 0) is 16.5 Å². The molecule has 0 atom stereocenters. The van der Waals surface area contributed by atoms with Crippen molar-refractivity contribution in [2.24, 2.45) is 0 Å². The zero-order valence-electron chi connectivity index (χ0n) is 40.6. The summed E-state index contributed by atoms with van der Waals surface area (Å²) in [6, 6.07) is 6.63. The van der Waals surface area contributed by atoms with Crippen LogP contribution in [0.25, 0.3) is 0 Å². The predicted octanol–water partition coefficient (Wildman–Crippen LogP) is 20.2. The first kappa shape index (κ1) is 57.1. The largest absolute Gasteiger partial charge is 0.294 e. The third-order valence-corrected chi connectivity index (χ3v) is 14.4. The van der Waals surface area contributed by atoms with Crippen molar-refractivity contribution < 1.29 is 13.0 Å². The number of hydrogen-bond acceptors (Lipinski definition) is 2. The van der Waals surface area contributed by atoms with Crippen LogP contribution in [-0.4, -0.2) is 13.0 Å². The monoisotopic (exact) mass is 859 g/mol. The standard InChI is InChI=1S/C56H106O3S/c1-2-3-4-5-6-7-8-9-10-11-12-13-14-15-16-17-18-19-20-21-22-23-24-25-26-27-28-29-30-31-32-33-34-35-36-37-38-39-40-41-42-43-44-45-46-47-48-49-50-55-51-53-56(54-52-55)60(57,58)59/h51-54H,2-50H2,1H3,(H,57,58,59). The molecule has 0 aromatic heterocycles. The third-order valence-electron chi connectivity index (χ3n) is 13.5. The van der Waals surface area contributed by atoms with E-state index in [2.05, 4.69) is 6.92 Å². The van der Waals surface area contributed by atoms with Gasteiger partial charge in [-0.3, -0.25) is 4.55 Å². The van der Waals surface area contributed by atoms with E-state index in [0.717, 1.165) is 18.4 Å². The summed E-state index contributed by atoms with van der Waals surface area (Å²) in [5.74, 6) is 0. The number of aryl methyl sites for hydroxylation is 1. The van der Waals surface area contributed by atoms with Crippen molar-refractivity contribution >= 4 is 10.1 Å². The van der Waals surface area contributed by atoms with Gasteiger partial charge >= 0.3 is 0 Å². The van der Waals surface area contributed by atoms with E-state index in [0.29, 0.717) is 0 Å². The highest BCUT2D eigenvalue weighted by molar-refractivity contribution is 7.85. The Morgan fingerprint density at radius 1 is 0.283 bits per heavy atom. The van der Waals surface area contributed by atoms with Crippen molar-refractivity contribution in [3.63, 3.8) is 0 Å². The first-order valence-corrected chi connectivity index (χ1v) is 29.0. The summed E-state index contributed by atoms with van der Waals surface area (Å²) in [5.41, 5.74) is 1.14. The van der Waals surface area contributed by atoms with Gasteiger partial charge in [0.25, 0.3) is 10.1 Å². The smallest absolute Gasteiger partial charge is 0.282 e. The second kappa shape index (κ2) is 46.1. The van der Waals surface area contributed by atoms with E-state index in [9.17, 15) is 8.42 Å². The lowest BCUT2D eigenvalue weighted by molar-refractivity contribution is 0.483. The van der Waals surface area contributed by atoms with Crippen molar-refractivity contribution in [3.8, 4) is 0 Å². The Balaban J connectivity index is 1.63. The maximum Gasteiger partial charge on any atom is 0.294 e. The molecule has 1 rings (SSSR count). The molecule has 1 aromatic carbocycles. The molecular formula is C56H106O3S. The highest BCUT2D eigenvalue weighted by atomic mass is 32.2. The molecule has 0 aliphatic carbocycles. The summed E-state index contributed by atoms with van der Waals surface area (Å²) in [6.07, 6.45) is 70.4. The van der Waals surface area contributed by atoms with Gasteiger partial charge in [-0.2, -0.15) is 8.42 Å². The molecule has 0 bridgehead atoms. The van der Waals surface area contributed by atoms with Gasteiger partial charge in [-0.15, -0.1) is 0 Å². The van der Waals surface area contributed by atoms with Crippen LogP contribution in [0.1, 0.15) is 321 Å². The molecule has 0 saturated heterocycles. The highest BCUT2D eigenvalue weighted by Crippen LogP contribution is 2.19. The molecule has 3 nitrogen and oxygen atoms in total. The second-order valence-corrected chi connectivity index (χ2v) is 20.9. The Morgan fingerprint density at radius 3 is 0.617 bits per heavy atom. The van der Waals surface area contributed by atoms with Crippen molar-refractivity contribution in [3.05, 3.63) is 29.8 Å². The summed E-state index contributed by atoms with van der Waals surface area (Å²) in [4.78, 5) is -0.0196. The van der Waals surface area contributed by atoms with Crippen LogP contribution in [0.4, 0.5) is 0 Å². The van der Waals surface area contributed by atoms with Gasteiger partial charge in [0.15, 0.2) is 0 Å². The fourth-order valence-electron chi connectivity index (χ4n) is 9.36. The maximum absolute atomic E-state index is 11.1. The van der Waals surface area contributed by atoms with Gasteiger partial charge in [0.1, 0.15) is 0 Å². The molecule has 0 spiro atoms. The van der Waals surface area contributed by atoms with E-state index in [1.165, 1.54) is 314 Å². The molecule has 0 amide bonds. The molecule has 1 aromatic rings. The zero-order valence-corrected chi connectivity index (χ0v) is 41.4. The summed E-state index contributed by atoms with van der Waals surface area (Å²) in [5, 5.41) is 0. The minimum Gasteiger partial charge on any atom is -0.282 e. The fraction of sp³-hybridized carbons (Fsp3) is 0.893. The Hall–Kier alpha value is -0.870. The van der Waals surface area contributed by atoms with Crippen LogP contribution < -0.4 is 0 Å². The van der Waals surface area contributed by atoms with Gasteiger partial charge in [0, 0.05) is 0 Å². The van der Waals surface area contributed by atoms with E-state index in [4.69, 9.17) is 4.55 Å². The normalized spacial score (nSPS) is 11.9. The molecule has 0 radical (unpaired) electrons. The van der Waals surface area contributed by atoms with Crippen LogP contribution >= 0.6 is 0 Å². The SMILES string of the molecule is CCCCCCCCCCCCCCCCCCCCCCCCCCCCCCCCCCCCCCCCCCCCCCCCCCc1ccc(S(=O)(=O)O)cc1.